The summed E-state index contributed by atoms with van der Waals surface area (Å²) in [6.07, 6.45) is 6.15. The lowest BCUT2D eigenvalue weighted by molar-refractivity contribution is -0.302. The average Bonchev–Trinajstić information content (AvgIpc) is 2.30. The van der Waals surface area contributed by atoms with E-state index in [1.165, 1.54) is 0 Å². The molecule has 1 atom stereocenters. The molecule has 1 aliphatic heterocycles. The Kier molecular flexibility index (Phi) is 6.02. The molecule has 0 saturated carbocycles. The van der Waals surface area contributed by atoms with Crippen LogP contribution in [0.5, 0.6) is 0 Å². The quantitative estimate of drug-likeness (QED) is 0.718. The third-order valence-corrected chi connectivity index (χ3v) is 4.25. The van der Waals surface area contributed by atoms with Crippen molar-refractivity contribution in [3.05, 3.63) is 0 Å². The number of rotatable bonds is 7. The summed E-state index contributed by atoms with van der Waals surface area (Å²) in [4.78, 5) is 17.4. The summed E-state index contributed by atoms with van der Waals surface area (Å²) >= 11 is 0. The van der Waals surface area contributed by atoms with Crippen LogP contribution >= 0.6 is 0 Å². The molecule has 4 nitrogen and oxygen atoms in total. The number of nitrogens with zero attached hydrogens (tertiary/aromatic N) is 1. The highest BCUT2D eigenvalue weighted by Gasteiger charge is 2.44. The van der Waals surface area contributed by atoms with Crippen molar-refractivity contribution in [3.8, 4) is 0 Å². The number of hydrogen-bond acceptors (Lipinski definition) is 3. The fourth-order valence-electron chi connectivity index (χ4n) is 3.19. The average molecular weight is 285 g/mol. The molecule has 0 aromatic carbocycles. The molecule has 0 radical (unpaired) electrons. The van der Waals surface area contributed by atoms with Gasteiger partial charge in [0.25, 0.3) is 0 Å². The minimum Gasteiger partial charge on any atom is -0.479 e. The number of piperidine rings is 1. The molecule has 0 aliphatic carbocycles. The zero-order valence-electron chi connectivity index (χ0n) is 13.7. The predicted octanol–water partition coefficient (Wildman–Crippen LogP) is 3.99. The van der Waals surface area contributed by atoms with E-state index < -0.39 is 12.1 Å². The fraction of sp³-hybridized carbons (Fsp3) is 0.938. The maximum atomic E-state index is 11.4. The van der Waals surface area contributed by atoms with Crippen molar-refractivity contribution in [1.29, 1.82) is 0 Å². The normalized spacial score (nSPS) is 23.4. The number of carbonyl (C=O) groups is 1. The highest BCUT2D eigenvalue weighted by molar-refractivity contribution is 5.72. The Hall–Kier alpha value is -0.610. The maximum absolute atomic E-state index is 11.4. The Balaban J connectivity index is 2.75. The molecule has 118 valence electrons. The molecule has 1 unspecified atom stereocenters. The van der Waals surface area contributed by atoms with Crippen molar-refractivity contribution < 1.29 is 14.7 Å². The molecule has 0 spiro atoms. The van der Waals surface area contributed by atoms with Gasteiger partial charge in [-0.2, -0.15) is 5.06 Å². The molecule has 1 fully saturated rings. The molecular formula is C16H31NO3. The van der Waals surface area contributed by atoms with Gasteiger partial charge >= 0.3 is 5.97 Å². The first-order valence-electron chi connectivity index (χ1n) is 7.90. The first kappa shape index (κ1) is 17.4. The Morgan fingerprint density at radius 2 is 1.75 bits per heavy atom. The van der Waals surface area contributed by atoms with Gasteiger partial charge in [-0.05, 0) is 53.4 Å². The lowest BCUT2D eigenvalue weighted by Crippen LogP contribution is -2.59. The van der Waals surface area contributed by atoms with Crippen molar-refractivity contribution in [1.82, 2.24) is 5.06 Å². The lowest BCUT2D eigenvalue weighted by atomic mass is 9.82. The number of hydrogen-bond donors (Lipinski definition) is 1. The molecule has 1 aliphatic rings. The Labute approximate surface area is 123 Å². The van der Waals surface area contributed by atoms with Crippen molar-refractivity contribution in [2.75, 3.05) is 0 Å². The van der Waals surface area contributed by atoms with Gasteiger partial charge in [-0.25, -0.2) is 4.79 Å². The SMILES string of the molecule is CCCCCC(ON1C(C)(C)CCCC1(C)C)C(=O)O. The van der Waals surface area contributed by atoms with Crippen LogP contribution in [-0.4, -0.2) is 33.3 Å². The molecule has 1 rings (SSSR count). The summed E-state index contributed by atoms with van der Waals surface area (Å²) in [5, 5.41) is 11.3. The number of aliphatic carboxylic acids is 1. The molecule has 0 aromatic rings. The van der Waals surface area contributed by atoms with Crippen LogP contribution in [0, 0.1) is 0 Å². The first-order chi connectivity index (χ1) is 9.20. The molecule has 1 saturated heterocycles. The van der Waals surface area contributed by atoms with Crippen molar-refractivity contribution in [2.45, 2.75) is 96.7 Å². The predicted molar refractivity (Wildman–Crippen MR) is 80.5 cm³/mol. The summed E-state index contributed by atoms with van der Waals surface area (Å²) in [6, 6.07) is 0. The van der Waals surface area contributed by atoms with Crippen molar-refractivity contribution in [2.24, 2.45) is 0 Å². The van der Waals surface area contributed by atoms with Gasteiger partial charge in [-0.3, -0.25) is 4.84 Å². The van der Waals surface area contributed by atoms with E-state index in [0.717, 1.165) is 38.5 Å². The molecular weight excluding hydrogens is 254 g/mol. The topological polar surface area (TPSA) is 49.8 Å². The lowest BCUT2D eigenvalue weighted by Gasteiger charge is -2.52. The Bertz CT molecular complexity index is 310. The fourth-order valence-corrected chi connectivity index (χ4v) is 3.19. The van der Waals surface area contributed by atoms with E-state index in [2.05, 4.69) is 34.6 Å². The number of carboxylic acids is 1. The van der Waals surface area contributed by atoms with Gasteiger partial charge in [0, 0.05) is 11.1 Å². The second kappa shape index (κ2) is 6.90. The number of hydroxylamine groups is 2. The van der Waals surface area contributed by atoms with E-state index >= 15 is 0 Å². The third-order valence-electron chi connectivity index (χ3n) is 4.25. The highest BCUT2D eigenvalue weighted by Crippen LogP contribution is 2.39. The van der Waals surface area contributed by atoms with E-state index in [-0.39, 0.29) is 11.1 Å². The van der Waals surface area contributed by atoms with Gasteiger partial charge in [0.15, 0.2) is 6.10 Å². The minimum absolute atomic E-state index is 0.111. The molecule has 20 heavy (non-hydrogen) atoms. The molecule has 4 heteroatoms. The van der Waals surface area contributed by atoms with E-state index in [1.807, 2.05) is 5.06 Å². The van der Waals surface area contributed by atoms with Crippen LogP contribution in [0.3, 0.4) is 0 Å². The van der Waals surface area contributed by atoms with Crippen LogP contribution in [0.1, 0.15) is 79.6 Å². The standard InChI is InChI=1S/C16H31NO3/c1-6-7-8-10-13(14(18)19)20-17-15(2,3)11-9-12-16(17,4)5/h13H,6-12H2,1-5H3,(H,18,19). The van der Waals surface area contributed by atoms with Crippen molar-refractivity contribution >= 4 is 5.97 Å². The zero-order valence-corrected chi connectivity index (χ0v) is 13.7. The van der Waals surface area contributed by atoms with Crippen LogP contribution in [0.4, 0.5) is 0 Å². The molecule has 1 heterocycles. The van der Waals surface area contributed by atoms with Crippen LogP contribution in [-0.2, 0) is 9.63 Å². The van der Waals surface area contributed by atoms with Crippen LogP contribution in [0.2, 0.25) is 0 Å². The molecule has 0 bridgehead atoms. The minimum atomic E-state index is -0.849. The van der Waals surface area contributed by atoms with E-state index in [1.54, 1.807) is 0 Å². The van der Waals surface area contributed by atoms with Gasteiger partial charge in [0.1, 0.15) is 0 Å². The summed E-state index contributed by atoms with van der Waals surface area (Å²) in [6.45, 7) is 10.7. The van der Waals surface area contributed by atoms with Gasteiger partial charge < -0.3 is 5.11 Å². The Morgan fingerprint density at radius 1 is 1.20 bits per heavy atom. The van der Waals surface area contributed by atoms with Crippen molar-refractivity contribution in [3.63, 3.8) is 0 Å². The summed E-state index contributed by atoms with van der Waals surface area (Å²) in [5.74, 6) is -0.849. The third kappa shape index (κ3) is 4.45. The van der Waals surface area contributed by atoms with Gasteiger partial charge in [0.05, 0.1) is 0 Å². The van der Waals surface area contributed by atoms with E-state index in [0.29, 0.717) is 6.42 Å². The zero-order chi connectivity index (χ0) is 15.4. The number of carboxylic acid groups (broad SMARTS) is 1. The van der Waals surface area contributed by atoms with Gasteiger partial charge in [0.2, 0.25) is 0 Å². The molecule has 1 N–H and O–H groups in total. The van der Waals surface area contributed by atoms with E-state index in [9.17, 15) is 9.90 Å². The molecule has 0 aromatic heterocycles. The summed E-state index contributed by atoms with van der Waals surface area (Å²) in [5.41, 5.74) is -0.222. The first-order valence-corrected chi connectivity index (χ1v) is 7.90. The number of unbranched alkanes of at least 4 members (excludes halogenated alkanes) is 2. The van der Waals surface area contributed by atoms with Crippen LogP contribution in [0.15, 0.2) is 0 Å². The maximum Gasteiger partial charge on any atom is 0.334 e. The second-order valence-electron chi connectivity index (χ2n) is 7.20. The van der Waals surface area contributed by atoms with Gasteiger partial charge in [-0.1, -0.05) is 26.2 Å². The summed E-state index contributed by atoms with van der Waals surface area (Å²) < 4.78 is 0. The largest absolute Gasteiger partial charge is 0.479 e. The highest BCUT2D eigenvalue weighted by atomic mass is 16.7. The Morgan fingerprint density at radius 3 is 2.20 bits per heavy atom. The van der Waals surface area contributed by atoms with E-state index in [4.69, 9.17) is 4.84 Å². The summed E-state index contributed by atoms with van der Waals surface area (Å²) in [7, 11) is 0. The monoisotopic (exact) mass is 285 g/mol. The molecule has 0 amide bonds. The second-order valence-corrected chi connectivity index (χ2v) is 7.20. The van der Waals surface area contributed by atoms with Gasteiger partial charge in [-0.15, -0.1) is 0 Å². The smallest absolute Gasteiger partial charge is 0.334 e. The van der Waals surface area contributed by atoms with Crippen LogP contribution < -0.4 is 0 Å². The van der Waals surface area contributed by atoms with Crippen LogP contribution in [0.25, 0.3) is 0 Å².